The van der Waals surface area contributed by atoms with E-state index >= 15 is 0 Å². The lowest BCUT2D eigenvalue weighted by Gasteiger charge is -2.30. The van der Waals surface area contributed by atoms with Crippen LogP contribution >= 0.6 is 0 Å². The van der Waals surface area contributed by atoms with Crippen LogP contribution < -0.4 is 25.0 Å². The Labute approximate surface area is 165 Å². The van der Waals surface area contributed by atoms with Crippen LogP contribution in [0.15, 0.2) is 42.5 Å². The number of hydrogen-bond acceptors (Lipinski definition) is 6. The van der Waals surface area contributed by atoms with E-state index < -0.39 is 0 Å². The summed E-state index contributed by atoms with van der Waals surface area (Å²) in [6.07, 6.45) is 0.331. The molecule has 1 aliphatic heterocycles. The maximum Gasteiger partial charge on any atom is 0.226 e. The number of nitrogens with one attached hydrogen (secondary N) is 2. The summed E-state index contributed by atoms with van der Waals surface area (Å²) < 4.78 is 16.0. The molecule has 1 heterocycles. The third-order valence-electron chi connectivity index (χ3n) is 4.60. The number of morpholine rings is 1. The molecule has 1 saturated heterocycles. The molecule has 0 radical (unpaired) electrons. The largest absolute Gasteiger partial charge is 0.497 e. The molecule has 2 aromatic carbocycles. The van der Waals surface area contributed by atoms with Crippen molar-refractivity contribution in [1.82, 2.24) is 0 Å². The molecule has 3 rings (SSSR count). The van der Waals surface area contributed by atoms with Crippen LogP contribution in [0.25, 0.3) is 0 Å². The van der Waals surface area contributed by atoms with Crippen molar-refractivity contribution in [3.63, 3.8) is 0 Å². The first-order valence-electron chi connectivity index (χ1n) is 9.38. The number of carbonyl (C=O) groups is 1. The molecule has 2 N–H and O–H groups in total. The van der Waals surface area contributed by atoms with Crippen molar-refractivity contribution in [3.05, 3.63) is 42.5 Å². The molecule has 7 nitrogen and oxygen atoms in total. The fourth-order valence-corrected chi connectivity index (χ4v) is 3.13. The highest BCUT2D eigenvalue weighted by Gasteiger charge is 2.15. The lowest BCUT2D eigenvalue weighted by atomic mass is 10.2. The van der Waals surface area contributed by atoms with Crippen molar-refractivity contribution in [2.75, 3.05) is 62.6 Å². The number of amides is 1. The van der Waals surface area contributed by atoms with Crippen LogP contribution in [0.4, 0.5) is 17.1 Å². The molecule has 0 aliphatic carbocycles. The van der Waals surface area contributed by atoms with Gasteiger partial charge < -0.3 is 29.7 Å². The van der Waals surface area contributed by atoms with Gasteiger partial charge in [0.1, 0.15) is 11.5 Å². The summed E-state index contributed by atoms with van der Waals surface area (Å²) in [4.78, 5) is 14.7. The van der Waals surface area contributed by atoms with Crippen LogP contribution in [0.2, 0.25) is 0 Å². The predicted molar refractivity (Wildman–Crippen MR) is 111 cm³/mol. The minimum Gasteiger partial charge on any atom is -0.497 e. The van der Waals surface area contributed by atoms with Crippen LogP contribution in [0.1, 0.15) is 6.42 Å². The molecule has 28 heavy (non-hydrogen) atoms. The van der Waals surface area contributed by atoms with Gasteiger partial charge in [0.25, 0.3) is 0 Å². The summed E-state index contributed by atoms with van der Waals surface area (Å²) in [5.41, 5.74) is 2.65. The standard InChI is InChI=1S/C21H27N3O4/c1-26-16-7-8-20(27-2)18(15-16)22-10-9-21(25)23-17-5-3-4-6-19(17)24-11-13-28-14-12-24/h3-8,15,22H,9-14H2,1-2H3,(H,23,25). The molecular weight excluding hydrogens is 358 g/mol. The summed E-state index contributed by atoms with van der Waals surface area (Å²) in [5.74, 6) is 1.39. The lowest BCUT2D eigenvalue weighted by molar-refractivity contribution is -0.115. The number of carbonyl (C=O) groups excluding carboxylic acids is 1. The molecule has 0 unspecified atom stereocenters. The SMILES string of the molecule is COc1ccc(OC)c(NCCC(=O)Nc2ccccc2N2CCOCC2)c1. The van der Waals surface area contributed by atoms with Gasteiger partial charge in [0.2, 0.25) is 5.91 Å². The Morgan fingerprint density at radius 1 is 1.07 bits per heavy atom. The maximum atomic E-state index is 12.5. The Morgan fingerprint density at radius 3 is 2.61 bits per heavy atom. The molecule has 1 aliphatic rings. The molecule has 1 amide bonds. The van der Waals surface area contributed by atoms with Gasteiger partial charge in [-0.05, 0) is 24.3 Å². The first-order chi connectivity index (χ1) is 13.7. The molecule has 1 fully saturated rings. The van der Waals surface area contributed by atoms with E-state index in [0.29, 0.717) is 31.9 Å². The van der Waals surface area contributed by atoms with E-state index in [1.807, 2.05) is 42.5 Å². The van der Waals surface area contributed by atoms with E-state index in [1.165, 1.54) is 0 Å². The fourth-order valence-electron chi connectivity index (χ4n) is 3.13. The third-order valence-corrected chi connectivity index (χ3v) is 4.60. The first-order valence-corrected chi connectivity index (χ1v) is 9.38. The summed E-state index contributed by atoms with van der Waals surface area (Å²) in [5, 5.41) is 6.27. The topological polar surface area (TPSA) is 72.1 Å². The van der Waals surface area contributed by atoms with Crippen molar-refractivity contribution in [1.29, 1.82) is 0 Å². The van der Waals surface area contributed by atoms with Crippen molar-refractivity contribution in [3.8, 4) is 11.5 Å². The number of nitrogens with zero attached hydrogens (tertiary/aromatic N) is 1. The molecule has 0 spiro atoms. The Morgan fingerprint density at radius 2 is 1.86 bits per heavy atom. The molecular formula is C21H27N3O4. The van der Waals surface area contributed by atoms with E-state index in [9.17, 15) is 4.79 Å². The van der Waals surface area contributed by atoms with Crippen molar-refractivity contribution >= 4 is 23.0 Å². The van der Waals surface area contributed by atoms with Crippen LogP contribution in [0.5, 0.6) is 11.5 Å². The van der Waals surface area contributed by atoms with Gasteiger partial charge in [-0.25, -0.2) is 0 Å². The Hall–Kier alpha value is -2.93. The van der Waals surface area contributed by atoms with Gasteiger partial charge >= 0.3 is 0 Å². The van der Waals surface area contributed by atoms with Gasteiger partial charge in [0.05, 0.1) is 44.5 Å². The zero-order chi connectivity index (χ0) is 19.8. The van der Waals surface area contributed by atoms with E-state index in [1.54, 1.807) is 14.2 Å². The van der Waals surface area contributed by atoms with Gasteiger partial charge in [0, 0.05) is 32.1 Å². The Balaban J connectivity index is 1.57. The highest BCUT2D eigenvalue weighted by Crippen LogP contribution is 2.29. The van der Waals surface area contributed by atoms with Gasteiger partial charge in [-0.15, -0.1) is 0 Å². The number of anilines is 3. The average molecular weight is 385 g/mol. The molecule has 0 bridgehead atoms. The zero-order valence-electron chi connectivity index (χ0n) is 16.4. The van der Waals surface area contributed by atoms with E-state index in [4.69, 9.17) is 14.2 Å². The van der Waals surface area contributed by atoms with Gasteiger partial charge in [-0.2, -0.15) is 0 Å². The lowest BCUT2D eigenvalue weighted by Crippen LogP contribution is -2.36. The second-order valence-electron chi connectivity index (χ2n) is 6.41. The summed E-state index contributed by atoms with van der Waals surface area (Å²) in [6, 6.07) is 13.4. The number of benzene rings is 2. The van der Waals surface area contributed by atoms with Crippen LogP contribution in [0, 0.1) is 0 Å². The van der Waals surface area contributed by atoms with Crippen LogP contribution in [-0.4, -0.2) is 53.0 Å². The van der Waals surface area contributed by atoms with Crippen molar-refractivity contribution < 1.29 is 19.0 Å². The summed E-state index contributed by atoms with van der Waals surface area (Å²) in [7, 11) is 3.23. The summed E-state index contributed by atoms with van der Waals surface area (Å²) >= 11 is 0. The van der Waals surface area contributed by atoms with E-state index in [2.05, 4.69) is 15.5 Å². The second-order valence-corrected chi connectivity index (χ2v) is 6.41. The number of ether oxygens (including phenoxy) is 3. The zero-order valence-corrected chi connectivity index (χ0v) is 16.4. The fraction of sp³-hybridized carbons (Fsp3) is 0.381. The quantitative estimate of drug-likeness (QED) is 0.728. The number of hydrogen-bond donors (Lipinski definition) is 2. The molecule has 7 heteroatoms. The van der Waals surface area contributed by atoms with E-state index in [0.717, 1.165) is 35.9 Å². The van der Waals surface area contributed by atoms with E-state index in [-0.39, 0.29) is 5.91 Å². The molecule has 150 valence electrons. The number of methoxy groups -OCH3 is 2. The van der Waals surface area contributed by atoms with Gasteiger partial charge in [-0.3, -0.25) is 4.79 Å². The molecule has 0 saturated carbocycles. The second kappa shape index (κ2) is 9.85. The average Bonchev–Trinajstić information content (AvgIpc) is 2.74. The van der Waals surface area contributed by atoms with Crippen LogP contribution in [-0.2, 0) is 9.53 Å². The highest BCUT2D eigenvalue weighted by atomic mass is 16.5. The number of rotatable bonds is 8. The Kier molecular flexibility index (Phi) is 6.97. The first kappa shape index (κ1) is 19.8. The normalized spacial score (nSPS) is 13.7. The summed E-state index contributed by atoms with van der Waals surface area (Å²) in [6.45, 7) is 3.53. The smallest absolute Gasteiger partial charge is 0.226 e. The molecule has 0 atom stereocenters. The molecule has 2 aromatic rings. The van der Waals surface area contributed by atoms with Crippen molar-refractivity contribution in [2.24, 2.45) is 0 Å². The third kappa shape index (κ3) is 5.07. The number of para-hydroxylation sites is 2. The van der Waals surface area contributed by atoms with Gasteiger partial charge in [0.15, 0.2) is 0 Å². The van der Waals surface area contributed by atoms with Crippen LogP contribution in [0.3, 0.4) is 0 Å². The predicted octanol–water partition coefficient (Wildman–Crippen LogP) is 2.98. The highest BCUT2D eigenvalue weighted by molar-refractivity contribution is 5.94. The monoisotopic (exact) mass is 385 g/mol. The molecule has 0 aromatic heterocycles. The van der Waals surface area contributed by atoms with Crippen molar-refractivity contribution in [2.45, 2.75) is 6.42 Å². The Bertz CT molecular complexity index is 791. The van der Waals surface area contributed by atoms with Gasteiger partial charge in [-0.1, -0.05) is 12.1 Å². The minimum absolute atomic E-state index is 0.0462. The maximum absolute atomic E-state index is 12.5. The minimum atomic E-state index is -0.0462.